The number of rotatable bonds is 11. The highest BCUT2D eigenvalue weighted by molar-refractivity contribution is 6.60. The summed E-state index contributed by atoms with van der Waals surface area (Å²) in [7, 11) is -2.71. The summed E-state index contributed by atoms with van der Waals surface area (Å²) in [5.41, 5.74) is 5.78. The molecular formula is C12H27NO5Si. The van der Waals surface area contributed by atoms with E-state index >= 15 is 0 Å². The van der Waals surface area contributed by atoms with Crippen LogP contribution in [0.3, 0.4) is 0 Å². The first-order chi connectivity index (χ1) is 9.05. The van der Waals surface area contributed by atoms with Crippen molar-refractivity contribution in [1.82, 2.24) is 0 Å². The normalized spacial score (nSPS) is 13.3. The number of hydrogen-bond acceptors (Lipinski definition) is 6. The molecule has 0 saturated carbocycles. The van der Waals surface area contributed by atoms with Crippen LogP contribution in [-0.2, 0) is 22.8 Å². The van der Waals surface area contributed by atoms with E-state index in [4.69, 9.17) is 23.7 Å². The SMILES string of the molecule is CCOC(=O)C(N)CC[Si](OCC)(OCC)OCC. The highest BCUT2D eigenvalue weighted by atomic mass is 28.4. The smallest absolute Gasteiger partial charge is 0.465 e. The first-order valence-electron chi connectivity index (χ1n) is 6.89. The van der Waals surface area contributed by atoms with Gasteiger partial charge in [-0.05, 0) is 34.1 Å². The third kappa shape index (κ3) is 7.02. The van der Waals surface area contributed by atoms with Gasteiger partial charge in [0.15, 0.2) is 0 Å². The standard InChI is InChI=1S/C12H27NO5Si/c1-5-15-12(14)11(13)9-10-19(16-6-2,17-7-3)18-8-4/h11H,5-10,13H2,1-4H3. The molecule has 1 unspecified atom stereocenters. The minimum atomic E-state index is -2.71. The Balaban J connectivity index is 4.49. The Morgan fingerprint density at radius 1 is 1.00 bits per heavy atom. The zero-order chi connectivity index (χ0) is 14.7. The lowest BCUT2D eigenvalue weighted by molar-refractivity contribution is -0.144. The number of esters is 1. The molecule has 0 amide bonds. The predicted molar refractivity (Wildman–Crippen MR) is 74.7 cm³/mol. The van der Waals surface area contributed by atoms with Crippen LogP contribution in [0.15, 0.2) is 0 Å². The third-order valence-electron chi connectivity index (χ3n) is 2.44. The summed E-state index contributed by atoms with van der Waals surface area (Å²) in [5.74, 6) is -0.394. The molecule has 0 aromatic heterocycles. The Bertz CT molecular complexity index is 235. The lowest BCUT2D eigenvalue weighted by atomic mass is 10.2. The highest BCUT2D eigenvalue weighted by Crippen LogP contribution is 2.19. The van der Waals surface area contributed by atoms with Crippen molar-refractivity contribution in [3.63, 3.8) is 0 Å². The quantitative estimate of drug-likeness (QED) is 0.457. The van der Waals surface area contributed by atoms with E-state index in [-0.39, 0.29) is 0 Å². The average Bonchev–Trinajstić information content (AvgIpc) is 2.37. The zero-order valence-electron chi connectivity index (χ0n) is 12.4. The maximum atomic E-state index is 11.5. The van der Waals surface area contributed by atoms with Crippen LogP contribution < -0.4 is 5.73 Å². The van der Waals surface area contributed by atoms with Gasteiger partial charge in [-0.15, -0.1) is 0 Å². The average molecular weight is 293 g/mol. The van der Waals surface area contributed by atoms with Crippen LogP contribution in [0.2, 0.25) is 6.04 Å². The maximum absolute atomic E-state index is 11.5. The van der Waals surface area contributed by atoms with Crippen LogP contribution in [0, 0.1) is 0 Å². The molecule has 0 rings (SSSR count). The number of carbonyl (C=O) groups is 1. The van der Waals surface area contributed by atoms with E-state index in [1.807, 2.05) is 20.8 Å². The minimum Gasteiger partial charge on any atom is -0.465 e. The molecule has 7 heteroatoms. The van der Waals surface area contributed by atoms with E-state index in [9.17, 15) is 4.79 Å². The predicted octanol–water partition coefficient (Wildman–Crippen LogP) is 1.32. The summed E-state index contributed by atoms with van der Waals surface area (Å²) in [5, 5.41) is 0. The summed E-state index contributed by atoms with van der Waals surface area (Å²) < 4.78 is 21.9. The second-order valence-electron chi connectivity index (χ2n) is 3.88. The molecule has 0 radical (unpaired) electrons. The van der Waals surface area contributed by atoms with Crippen LogP contribution in [0.1, 0.15) is 34.1 Å². The van der Waals surface area contributed by atoms with Gasteiger partial charge in [-0.25, -0.2) is 0 Å². The van der Waals surface area contributed by atoms with E-state index in [0.29, 0.717) is 38.9 Å². The van der Waals surface area contributed by atoms with Crippen molar-refractivity contribution in [1.29, 1.82) is 0 Å². The van der Waals surface area contributed by atoms with E-state index in [1.165, 1.54) is 0 Å². The Morgan fingerprint density at radius 3 is 1.84 bits per heavy atom. The number of hydrogen-bond donors (Lipinski definition) is 1. The summed E-state index contributed by atoms with van der Waals surface area (Å²) >= 11 is 0. The molecule has 0 aromatic rings. The molecule has 0 aliphatic heterocycles. The van der Waals surface area contributed by atoms with Gasteiger partial charge < -0.3 is 23.7 Å². The van der Waals surface area contributed by atoms with Crippen LogP contribution in [0.5, 0.6) is 0 Å². The number of ether oxygens (including phenoxy) is 1. The van der Waals surface area contributed by atoms with Crippen molar-refractivity contribution in [2.75, 3.05) is 26.4 Å². The van der Waals surface area contributed by atoms with E-state index in [0.717, 1.165) is 0 Å². The largest absolute Gasteiger partial charge is 0.501 e. The van der Waals surface area contributed by atoms with Crippen molar-refractivity contribution in [3.05, 3.63) is 0 Å². The van der Waals surface area contributed by atoms with Crippen molar-refractivity contribution >= 4 is 14.8 Å². The number of carbonyl (C=O) groups excluding carboxylic acids is 1. The molecule has 19 heavy (non-hydrogen) atoms. The van der Waals surface area contributed by atoms with Gasteiger partial charge >= 0.3 is 14.8 Å². The molecule has 1 atom stereocenters. The monoisotopic (exact) mass is 293 g/mol. The Morgan fingerprint density at radius 2 is 1.47 bits per heavy atom. The van der Waals surface area contributed by atoms with Gasteiger partial charge in [0.2, 0.25) is 0 Å². The first kappa shape index (κ1) is 18.5. The molecule has 0 aliphatic rings. The molecule has 0 fully saturated rings. The molecule has 0 bridgehead atoms. The summed E-state index contributed by atoms with van der Waals surface area (Å²) in [4.78, 5) is 11.5. The minimum absolute atomic E-state index is 0.331. The van der Waals surface area contributed by atoms with Crippen LogP contribution in [0.4, 0.5) is 0 Å². The molecule has 6 nitrogen and oxygen atoms in total. The van der Waals surface area contributed by atoms with Gasteiger partial charge in [-0.3, -0.25) is 4.79 Å². The maximum Gasteiger partial charge on any atom is 0.501 e. The van der Waals surface area contributed by atoms with E-state index in [2.05, 4.69) is 0 Å². The van der Waals surface area contributed by atoms with E-state index < -0.39 is 20.8 Å². The Hall–Kier alpha value is -0.473. The molecule has 0 aliphatic carbocycles. The summed E-state index contributed by atoms with van der Waals surface area (Å²) in [6, 6.07) is -0.143. The molecule has 114 valence electrons. The molecule has 0 saturated heterocycles. The second-order valence-corrected chi connectivity index (χ2v) is 6.61. The van der Waals surface area contributed by atoms with Gasteiger partial charge in [-0.2, -0.15) is 0 Å². The lowest BCUT2D eigenvalue weighted by Gasteiger charge is -2.29. The second kappa shape index (κ2) is 10.3. The van der Waals surface area contributed by atoms with E-state index in [1.54, 1.807) is 6.92 Å². The summed E-state index contributed by atoms with van der Waals surface area (Å²) in [6.07, 6.45) is 0.436. The summed E-state index contributed by atoms with van der Waals surface area (Å²) in [6.45, 7) is 9.31. The fourth-order valence-electron chi connectivity index (χ4n) is 1.70. The fourth-order valence-corrected chi connectivity index (χ4v) is 4.37. The van der Waals surface area contributed by atoms with Crippen molar-refractivity contribution in [3.8, 4) is 0 Å². The van der Waals surface area contributed by atoms with Crippen LogP contribution in [0.25, 0.3) is 0 Å². The van der Waals surface area contributed by atoms with Crippen molar-refractivity contribution in [2.24, 2.45) is 5.73 Å². The molecule has 0 spiro atoms. The first-order valence-corrected chi connectivity index (χ1v) is 8.82. The van der Waals surface area contributed by atoms with Crippen molar-refractivity contribution in [2.45, 2.75) is 46.2 Å². The molecule has 0 heterocycles. The Labute approximate surface area is 116 Å². The highest BCUT2D eigenvalue weighted by Gasteiger charge is 2.40. The van der Waals surface area contributed by atoms with Gasteiger partial charge in [0.05, 0.1) is 6.61 Å². The van der Waals surface area contributed by atoms with Gasteiger partial charge in [0, 0.05) is 25.9 Å². The van der Waals surface area contributed by atoms with Gasteiger partial charge in [0.25, 0.3) is 0 Å². The van der Waals surface area contributed by atoms with Gasteiger partial charge in [-0.1, -0.05) is 0 Å². The van der Waals surface area contributed by atoms with Crippen LogP contribution in [-0.4, -0.2) is 47.2 Å². The topological polar surface area (TPSA) is 80.0 Å². The van der Waals surface area contributed by atoms with Crippen molar-refractivity contribution < 1.29 is 22.8 Å². The molecule has 2 N–H and O–H groups in total. The fraction of sp³-hybridized carbons (Fsp3) is 0.917. The number of nitrogens with two attached hydrogens (primary N) is 1. The van der Waals surface area contributed by atoms with Gasteiger partial charge in [0.1, 0.15) is 6.04 Å². The molecule has 0 aromatic carbocycles. The third-order valence-corrected chi connectivity index (χ3v) is 5.53. The Kier molecular flexibility index (Phi) is 10.1. The van der Waals surface area contributed by atoms with Crippen LogP contribution >= 0.6 is 0 Å². The zero-order valence-corrected chi connectivity index (χ0v) is 13.4. The molecular weight excluding hydrogens is 266 g/mol. The lowest BCUT2D eigenvalue weighted by Crippen LogP contribution is -2.47.